The summed E-state index contributed by atoms with van der Waals surface area (Å²) in [7, 11) is 0. The molecule has 0 spiro atoms. The molecule has 0 radical (unpaired) electrons. The number of carbonyl (C=O) groups excluding carboxylic acids is 1. The van der Waals surface area contributed by atoms with Gasteiger partial charge in [0.25, 0.3) is 0 Å². The number of halogens is 2. The highest BCUT2D eigenvalue weighted by Crippen LogP contribution is 2.35. The van der Waals surface area contributed by atoms with Crippen molar-refractivity contribution in [1.82, 2.24) is 0 Å². The van der Waals surface area contributed by atoms with Crippen molar-refractivity contribution in [3.8, 4) is 0 Å². The number of nitrogens with zero attached hydrogens (tertiary/aromatic N) is 1. The van der Waals surface area contributed by atoms with E-state index in [4.69, 9.17) is 23.2 Å². The summed E-state index contributed by atoms with van der Waals surface area (Å²) < 4.78 is 0. The summed E-state index contributed by atoms with van der Waals surface area (Å²) in [5.41, 5.74) is 2.36. The standard InChI is InChI=1S/C17H15Cl2NO2/c18-12-3-1-11(2-4-12)9-17(22)20-8-7-16(21)14-10-13(19)5-6-15(14)20/h1-6,10,16,21H,7-9H2. The normalized spacial score (nSPS) is 17.2. The highest BCUT2D eigenvalue weighted by atomic mass is 35.5. The zero-order valence-electron chi connectivity index (χ0n) is 11.8. The van der Waals surface area contributed by atoms with Crippen molar-refractivity contribution in [2.75, 3.05) is 11.4 Å². The van der Waals surface area contributed by atoms with E-state index in [1.165, 1.54) is 0 Å². The molecule has 1 aliphatic rings. The van der Waals surface area contributed by atoms with Gasteiger partial charge < -0.3 is 10.0 Å². The fourth-order valence-corrected chi connectivity index (χ4v) is 3.00. The molecule has 0 aromatic heterocycles. The molecule has 3 rings (SSSR count). The SMILES string of the molecule is O=C(Cc1ccc(Cl)cc1)N1CCC(O)c2cc(Cl)ccc21. The molecule has 0 saturated carbocycles. The Morgan fingerprint density at radius 1 is 1.14 bits per heavy atom. The predicted octanol–water partition coefficient (Wildman–Crippen LogP) is 4.01. The number of aliphatic hydroxyl groups is 1. The molecule has 1 N–H and O–H groups in total. The third-order valence-corrected chi connectivity index (χ3v) is 4.32. The molecule has 22 heavy (non-hydrogen) atoms. The Balaban J connectivity index is 1.85. The molecule has 0 bridgehead atoms. The summed E-state index contributed by atoms with van der Waals surface area (Å²) in [5.74, 6) is -0.00204. The molecule has 1 heterocycles. The monoisotopic (exact) mass is 335 g/mol. The molecule has 2 aromatic carbocycles. The molecule has 5 heteroatoms. The number of amides is 1. The Hall–Kier alpha value is -1.55. The van der Waals surface area contributed by atoms with Gasteiger partial charge in [0.1, 0.15) is 0 Å². The van der Waals surface area contributed by atoms with Crippen LogP contribution in [0, 0.1) is 0 Å². The van der Waals surface area contributed by atoms with Crippen molar-refractivity contribution in [2.24, 2.45) is 0 Å². The van der Waals surface area contributed by atoms with Gasteiger partial charge in [-0.3, -0.25) is 4.79 Å². The first-order valence-electron chi connectivity index (χ1n) is 7.07. The summed E-state index contributed by atoms with van der Waals surface area (Å²) in [6.45, 7) is 0.502. The van der Waals surface area contributed by atoms with Crippen LogP contribution in [-0.2, 0) is 11.2 Å². The fraction of sp³-hybridized carbons (Fsp3) is 0.235. The molecule has 114 valence electrons. The van der Waals surface area contributed by atoms with E-state index in [2.05, 4.69) is 0 Å². The molecule has 1 aliphatic heterocycles. The van der Waals surface area contributed by atoms with Crippen LogP contribution in [0.25, 0.3) is 0 Å². The lowest BCUT2D eigenvalue weighted by molar-refractivity contribution is -0.118. The molecule has 0 saturated heterocycles. The minimum absolute atomic E-state index is 0.00204. The molecule has 0 aliphatic carbocycles. The van der Waals surface area contributed by atoms with Gasteiger partial charge in [-0.2, -0.15) is 0 Å². The van der Waals surface area contributed by atoms with E-state index < -0.39 is 6.10 Å². The van der Waals surface area contributed by atoms with Gasteiger partial charge in [-0.15, -0.1) is 0 Å². The Kier molecular flexibility index (Phi) is 4.39. The summed E-state index contributed by atoms with van der Waals surface area (Å²) >= 11 is 11.8. The quantitative estimate of drug-likeness (QED) is 0.900. The highest BCUT2D eigenvalue weighted by Gasteiger charge is 2.27. The van der Waals surface area contributed by atoms with Gasteiger partial charge in [0.15, 0.2) is 0 Å². The maximum absolute atomic E-state index is 12.6. The summed E-state index contributed by atoms with van der Waals surface area (Å²) in [5, 5.41) is 11.3. The zero-order chi connectivity index (χ0) is 15.7. The maximum atomic E-state index is 12.6. The number of benzene rings is 2. The second-order valence-electron chi connectivity index (χ2n) is 5.36. The van der Waals surface area contributed by atoms with Crippen LogP contribution in [0.2, 0.25) is 10.0 Å². The van der Waals surface area contributed by atoms with E-state index in [1.54, 1.807) is 35.2 Å². The molecule has 1 amide bonds. The van der Waals surface area contributed by atoms with Crippen LogP contribution >= 0.6 is 23.2 Å². The van der Waals surface area contributed by atoms with Crippen LogP contribution in [0.3, 0.4) is 0 Å². The topological polar surface area (TPSA) is 40.5 Å². The first kappa shape index (κ1) is 15.3. The average Bonchev–Trinajstić information content (AvgIpc) is 2.50. The summed E-state index contributed by atoms with van der Waals surface area (Å²) in [4.78, 5) is 14.3. The van der Waals surface area contributed by atoms with E-state index in [9.17, 15) is 9.90 Å². The molecule has 0 fully saturated rings. The molecule has 1 unspecified atom stereocenters. The third-order valence-electron chi connectivity index (χ3n) is 3.84. The van der Waals surface area contributed by atoms with Gasteiger partial charge in [0, 0.05) is 27.8 Å². The minimum Gasteiger partial charge on any atom is -0.388 e. The van der Waals surface area contributed by atoms with Gasteiger partial charge in [0.05, 0.1) is 12.5 Å². The van der Waals surface area contributed by atoms with Crippen LogP contribution in [0.4, 0.5) is 5.69 Å². The van der Waals surface area contributed by atoms with E-state index in [-0.39, 0.29) is 5.91 Å². The molecule has 2 aromatic rings. The third kappa shape index (κ3) is 3.12. The molecular formula is C17H15Cl2NO2. The lowest BCUT2D eigenvalue weighted by atomic mass is 9.98. The number of rotatable bonds is 2. The molecule has 1 atom stereocenters. The lowest BCUT2D eigenvalue weighted by Crippen LogP contribution is -2.37. The Bertz CT molecular complexity index is 700. The first-order chi connectivity index (χ1) is 10.5. The first-order valence-corrected chi connectivity index (χ1v) is 7.82. The Labute approximate surface area is 139 Å². The van der Waals surface area contributed by atoms with E-state index in [0.29, 0.717) is 35.0 Å². The van der Waals surface area contributed by atoms with Gasteiger partial charge in [-0.1, -0.05) is 35.3 Å². The van der Waals surface area contributed by atoms with Crippen LogP contribution in [0.1, 0.15) is 23.7 Å². The smallest absolute Gasteiger partial charge is 0.231 e. The number of carbonyl (C=O) groups is 1. The fourth-order valence-electron chi connectivity index (χ4n) is 2.70. The van der Waals surface area contributed by atoms with Crippen molar-refractivity contribution in [2.45, 2.75) is 18.9 Å². The van der Waals surface area contributed by atoms with E-state index in [0.717, 1.165) is 11.3 Å². The number of hydrogen-bond acceptors (Lipinski definition) is 2. The van der Waals surface area contributed by atoms with Crippen molar-refractivity contribution in [3.05, 3.63) is 63.6 Å². The summed E-state index contributed by atoms with van der Waals surface area (Å²) in [6, 6.07) is 12.5. The minimum atomic E-state index is -0.576. The van der Waals surface area contributed by atoms with Crippen LogP contribution in [-0.4, -0.2) is 17.6 Å². The number of aliphatic hydroxyl groups excluding tert-OH is 1. The van der Waals surface area contributed by atoms with Crippen molar-refractivity contribution >= 4 is 34.8 Å². The predicted molar refractivity (Wildman–Crippen MR) is 88.5 cm³/mol. The van der Waals surface area contributed by atoms with Crippen LogP contribution in [0.5, 0.6) is 0 Å². The largest absolute Gasteiger partial charge is 0.388 e. The highest BCUT2D eigenvalue weighted by molar-refractivity contribution is 6.31. The Morgan fingerprint density at radius 2 is 1.82 bits per heavy atom. The number of anilines is 1. The van der Waals surface area contributed by atoms with Crippen LogP contribution < -0.4 is 4.90 Å². The van der Waals surface area contributed by atoms with Crippen molar-refractivity contribution < 1.29 is 9.90 Å². The molecular weight excluding hydrogens is 321 g/mol. The number of fused-ring (bicyclic) bond motifs is 1. The maximum Gasteiger partial charge on any atom is 0.231 e. The van der Waals surface area contributed by atoms with Gasteiger partial charge >= 0.3 is 0 Å². The molecule has 3 nitrogen and oxygen atoms in total. The van der Waals surface area contributed by atoms with Gasteiger partial charge in [-0.25, -0.2) is 0 Å². The van der Waals surface area contributed by atoms with Crippen molar-refractivity contribution in [3.63, 3.8) is 0 Å². The average molecular weight is 336 g/mol. The van der Waals surface area contributed by atoms with Gasteiger partial charge in [0.2, 0.25) is 5.91 Å². The van der Waals surface area contributed by atoms with E-state index >= 15 is 0 Å². The summed E-state index contributed by atoms with van der Waals surface area (Å²) in [6.07, 6.45) is 0.239. The second-order valence-corrected chi connectivity index (χ2v) is 6.23. The second kappa shape index (κ2) is 6.29. The lowest BCUT2D eigenvalue weighted by Gasteiger charge is -2.32. The number of hydrogen-bond donors (Lipinski definition) is 1. The van der Waals surface area contributed by atoms with Gasteiger partial charge in [-0.05, 0) is 42.3 Å². The Morgan fingerprint density at radius 3 is 2.55 bits per heavy atom. The van der Waals surface area contributed by atoms with E-state index in [1.807, 2.05) is 12.1 Å². The van der Waals surface area contributed by atoms with Crippen LogP contribution in [0.15, 0.2) is 42.5 Å². The zero-order valence-corrected chi connectivity index (χ0v) is 13.3. The van der Waals surface area contributed by atoms with Crippen molar-refractivity contribution in [1.29, 1.82) is 0 Å².